The van der Waals surface area contributed by atoms with E-state index in [4.69, 9.17) is 4.74 Å². The Balaban J connectivity index is 2.00. The van der Waals surface area contributed by atoms with Gasteiger partial charge in [-0.1, -0.05) is 38.1 Å². The molecule has 0 aliphatic heterocycles. The maximum absolute atomic E-state index is 11.9. The van der Waals surface area contributed by atoms with Gasteiger partial charge in [-0.15, -0.1) is 0 Å². The summed E-state index contributed by atoms with van der Waals surface area (Å²) in [6.07, 6.45) is 0. The quantitative estimate of drug-likeness (QED) is 0.809. The van der Waals surface area contributed by atoms with E-state index in [1.54, 1.807) is 0 Å². The van der Waals surface area contributed by atoms with Gasteiger partial charge in [-0.3, -0.25) is 4.79 Å². The molecule has 0 aliphatic rings. The predicted molar refractivity (Wildman–Crippen MR) is 79.1 cm³/mol. The summed E-state index contributed by atoms with van der Waals surface area (Å²) in [5.41, 5.74) is 2.01. The van der Waals surface area contributed by atoms with E-state index in [0.29, 0.717) is 5.92 Å². The molecule has 1 aromatic heterocycles. The number of aryl methyl sites for hydroxylation is 1. The largest absolute Gasteiger partial charge is 0.456 e. The molecule has 0 N–H and O–H groups in total. The van der Waals surface area contributed by atoms with Gasteiger partial charge in [0.25, 0.3) is 5.56 Å². The lowest BCUT2D eigenvalue weighted by atomic mass is 10.0. The highest BCUT2D eigenvalue weighted by atomic mass is 16.5. The number of rotatable bonds is 4. The summed E-state index contributed by atoms with van der Waals surface area (Å²) in [5.74, 6) is -0.0741. The molecule has 0 radical (unpaired) electrons. The van der Waals surface area contributed by atoms with Crippen LogP contribution in [0.5, 0.6) is 0 Å². The Labute approximate surface area is 123 Å². The molecular formula is C16H18N2O3. The first kappa shape index (κ1) is 15.0. The lowest BCUT2D eigenvalue weighted by molar-refractivity contribution is 0.0462. The minimum Gasteiger partial charge on any atom is -0.456 e. The van der Waals surface area contributed by atoms with Crippen molar-refractivity contribution in [3.8, 4) is 0 Å². The number of nitrogens with zero attached hydrogens (tertiary/aromatic N) is 2. The first-order valence-corrected chi connectivity index (χ1v) is 6.77. The van der Waals surface area contributed by atoms with Crippen molar-refractivity contribution >= 4 is 5.97 Å². The molecule has 1 heterocycles. The molecule has 0 aliphatic carbocycles. The molecule has 2 aromatic rings. The third kappa shape index (κ3) is 3.78. The van der Waals surface area contributed by atoms with Crippen LogP contribution in [-0.4, -0.2) is 15.7 Å². The predicted octanol–water partition coefficient (Wildman–Crippen LogP) is 2.26. The highest BCUT2D eigenvalue weighted by Crippen LogP contribution is 2.15. The molecule has 0 amide bonds. The van der Waals surface area contributed by atoms with Gasteiger partial charge in [0, 0.05) is 13.1 Å². The molecule has 21 heavy (non-hydrogen) atoms. The van der Waals surface area contributed by atoms with Crippen LogP contribution >= 0.6 is 0 Å². The Kier molecular flexibility index (Phi) is 4.52. The number of ether oxygens (including phenoxy) is 1. The number of hydrogen-bond acceptors (Lipinski definition) is 4. The van der Waals surface area contributed by atoms with E-state index in [-0.39, 0.29) is 17.9 Å². The molecule has 0 spiro atoms. The second-order valence-electron chi connectivity index (χ2n) is 5.15. The summed E-state index contributed by atoms with van der Waals surface area (Å²) in [6, 6.07) is 10.6. The number of benzene rings is 1. The number of hydrogen-bond donors (Lipinski definition) is 0. The van der Waals surface area contributed by atoms with Crippen LogP contribution in [0.1, 0.15) is 41.4 Å². The molecule has 110 valence electrons. The van der Waals surface area contributed by atoms with Crippen LogP contribution in [0.3, 0.4) is 0 Å². The van der Waals surface area contributed by atoms with Crippen LogP contribution in [0.2, 0.25) is 0 Å². The van der Waals surface area contributed by atoms with Gasteiger partial charge in [-0.2, -0.15) is 5.10 Å². The highest BCUT2D eigenvalue weighted by Gasteiger charge is 2.10. The average molecular weight is 286 g/mol. The summed E-state index contributed by atoms with van der Waals surface area (Å²) in [5, 5.41) is 3.85. The lowest BCUT2D eigenvalue weighted by Gasteiger charge is -2.08. The molecule has 0 saturated heterocycles. The van der Waals surface area contributed by atoms with Crippen LogP contribution in [0.15, 0.2) is 41.2 Å². The van der Waals surface area contributed by atoms with Crippen LogP contribution < -0.4 is 5.56 Å². The molecule has 0 unspecified atom stereocenters. The van der Waals surface area contributed by atoms with Gasteiger partial charge in [-0.25, -0.2) is 9.48 Å². The zero-order valence-electron chi connectivity index (χ0n) is 12.4. The standard InChI is InChI=1S/C16H18N2O3/c1-11(2)13-6-4-12(5-7-13)10-21-16(20)14-8-9-15(19)18(3)17-14/h4-9,11H,10H2,1-3H3. The van der Waals surface area contributed by atoms with Crippen LogP contribution in [0.25, 0.3) is 0 Å². The Hall–Kier alpha value is -2.43. The van der Waals surface area contributed by atoms with E-state index in [0.717, 1.165) is 10.2 Å². The zero-order chi connectivity index (χ0) is 15.4. The van der Waals surface area contributed by atoms with E-state index in [2.05, 4.69) is 18.9 Å². The topological polar surface area (TPSA) is 61.2 Å². The van der Waals surface area contributed by atoms with Crippen molar-refractivity contribution in [1.29, 1.82) is 0 Å². The maximum Gasteiger partial charge on any atom is 0.359 e. The van der Waals surface area contributed by atoms with E-state index in [1.807, 2.05) is 24.3 Å². The average Bonchev–Trinajstić information content (AvgIpc) is 2.48. The van der Waals surface area contributed by atoms with Crippen LogP contribution in [0, 0.1) is 0 Å². The molecule has 0 saturated carbocycles. The van der Waals surface area contributed by atoms with Crippen molar-refractivity contribution in [2.75, 3.05) is 0 Å². The van der Waals surface area contributed by atoms with Crippen molar-refractivity contribution in [3.63, 3.8) is 0 Å². The normalized spacial score (nSPS) is 10.7. The molecule has 2 rings (SSSR count). The molecule has 0 atom stereocenters. The summed E-state index contributed by atoms with van der Waals surface area (Å²) in [6.45, 7) is 4.43. The van der Waals surface area contributed by atoms with Gasteiger partial charge >= 0.3 is 5.97 Å². The van der Waals surface area contributed by atoms with Gasteiger partial charge in [0.1, 0.15) is 6.61 Å². The molecule has 1 aromatic carbocycles. The number of aromatic nitrogens is 2. The summed E-state index contributed by atoms with van der Waals surface area (Å²) < 4.78 is 6.30. The first-order chi connectivity index (χ1) is 9.97. The van der Waals surface area contributed by atoms with Crippen molar-refractivity contribution in [1.82, 2.24) is 9.78 Å². The fourth-order valence-corrected chi connectivity index (χ4v) is 1.83. The first-order valence-electron chi connectivity index (χ1n) is 6.77. The van der Waals surface area contributed by atoms with Crippen LogP contribution in [-0.2, 0) is 18.4 Å². The summed E-state index contributed by atoms with van der Waals surface area (Å²) in [4.78, 5) is 23.1. The number of carbonyl (C=O) groups excluding carboxylic acids is 1. The van der Waals surface area contributed by atoms with Crippen molar-refractivity contribution in [3.05, 3.63) is 63.6 Å². The number of carbonyl (C=O) groups is 1. The fourth-order valence-electron chi connectivity index (χ4n) is 1.83. The summed E-state index contributed by atoms with van der Waals surface area (Å²) >= 11 is 0. The van der Waals surface area contributed by atoms with Gasteiger partial charge in [0.05, 0.1) is 0 Å². The van der Waals surface area contributed by atoms with Crippen molar-refractivity contribution in [2.24, 2.45) is 7.05 Å². The minimum atomic E-state index is -0.543. The van der Waals surface area contributed by atoms with Gasteiger partial charge in [-0.05, 0) is 23.1 Å². The van der Waals surface area contributed by atoms with Crippen molar-refractivity contribution in [2.45, 2.75) is 26.4 Å². The van der Waals surface area contributed by atoms with E-state index in [9.17, 15) is 9.59 Å². The van der Waals surface area contributed by atoms with Crippen molar-refractivity contribution < 1.29 is 9.53 Å². The smallest absolute Gasteiger partial charge is 0.359 e. The second kappa shape index (κ2) is 6.35. The highest BCUT2D eigenvalue weighted by molar-refractivity contribution is 5.86. The number of esters is 1. The lowest BCUT2D eigenvalue weighted by Crippen LogP contribution is -2.21. The Morgan fingerprint density at radius 3 is 2.43 bits per heavy atom. The molecule has 0 fully saturated rings. The monoisotopic (exact) mass is 286 g/mol. The molecule has 5 heteroatoms. The third-order valence-electron chi connectivity index (χ3n) is 3.19. The van der Waals surface area contributed by atoms with Gasteiger partial charge in [0.2, 0.25) is 0 Å². The molecular weight excluding hydrogens is 268 g/mol. The second-order valence-corrected chi connectivity index (χ2v) is 5.15. The van der Waals surface area contributed by atoms with E-state index >= 15 is 0 Å². The minimum absolute atomic E-state index is 0.121. The molecule has 5 nitrogen and oxygen atoms in total. The maximum atomic E-state index is 11.9. The van der Waals surface area contributed by atoms with Gasteiger partial charge < -0.3 is 4.74 Å². The zero-order valence-corrected chi connectivity index (χ0v) is 12.4. The fraction of sp³-hybridized carbons (Fsp3) is 0.312. The SMILES string of the molecule is CC(C)c1ccc(COC(=O)c2ccc(=O)n(C)n2)cc1. The third-order valence-corrected chi connectivity index (χ3v) is 3.19. The summed E-state index contributed by atoms with van der Waals surface area (Å²) in [7, 11) is 1.49. The van der Waals surface area contributed by atoms with E-state index in [1.165, 1.54) is 24.7 Å². The Bertz CT molecular complexity index is 687. The van der Waals surface area contributed by atoms with E-state index < -0.39 is 5.97 Å². The Morgan fingerprint density at radius 2 is 1.86 bits per heavy atom. The molecule has 0 bridgehead atoms. The van der Waals surface area contributed by atoms with Crippen LogP contribution in [0.4, 0.5) is 0 Å². The Morgan fingerprint density at radius 1 is 1.19 bits per heavy atom. The van der Waals surface area contributed by atoms with Gasteiger partial charge in [0.15, 0.2) is 5.69 Å².